The number of carbonyl (C=O) groups is 1. The average Bonchev–Trinajstić information content (AvgIpc) is 2.71. The molecule has 3 nitrogen and oxygen atoms in total. The summed E-state index contributed by atoms with van der Waals surface area (Å²) >= 11 is 7.21. The van der Waals surface area contributed by atoms with Crippen molar-refractivity contribution in [3.63, 3.8) is 0 Å². The van der Waals surface area contributed by atoms with E-state index in [0.29, 0.717) is 0 Å². The first-order valence-electron chi connectivity index (χ1n) is 4.10. The van der Waals surface area contributed by atoms with Crippen molar-refractivity contribution in [1.82, 2.24) is 4.98 Å². The lowest BCUT2D eigenvalue weighted by atomic mass is 10.1. The summed E-state index contributed by atoms with van der Waals surface area (Å²) in [5, 5.41) is 9.14. The van der Waals surface area contributed by atoms with Crippen LogP contribution in [0.3, 0.4) is 0 Å². The quantitative estimate of drug-likeness (QED) is 0.876. The van der Waals surface area contributed by atoms with Gasteiger partial charge in [0.25, 0.3) is 0 Å². The zero-order chi connectivity index (χ0) is 10.8. The molecule has 0 aliphatic heterocycles. The molecule has 0 spiro atoms. The Morgan fingerprint density at radius 3 is 2.87 bits per heavy atom. The van der Waals surface area contributed by atoms with E-state index in [2.05, 4.69) is 4.98 Å². The van der Waals surface area contributed by atoms with E-state index in [-0.39, 0.29) is 10.6 Å². The van der Waals surface area contributed by atoms with Crippen LogP contribution in [0, 0.1) is 0 Å². The Bertz CT molecular complexity index is 496. The SMILES string of the molecule is O=C(O)c1cc(-c2cncs2)ccc1Cl. The monoisotopic (exact) mass is 239 g/mol. The van der Waals surface area contributed by atoms with E-state index < -0.39 is 5.97 Å². The highest BCUT2D eigenvalue weighted by Crippen LogP contribution is 2.27. The number of thiazole rings is 1. The summed E-state index contributed by atoms with van der Waals surface area (Å²) in [4.78, 5) is 15.7. The summed E-state index contributed by atoms with van der Waals surface area (Å²) in [5.41, 5.74) is 2.63. The molecule has 0 saturated carbocycles. The standard InChI is InChI=1S/C10H6ClNO2S/c11-8-2-1-6(3-7(8)10(13)14)9-4-12-5-15-9/h1-5H,(H,13,14). The Kier molecular flexibility index (Phi) is 2.70. The van der Waals surface area contributed by atoms with Gasteiger partial charge in [-0.15, -0.1) is 11.3 Å². The van der Waals surface area contributed by atoms with Gasteiger partial charge >= 0.3 is 5.97 Å². The number of hydrogen-bond donors (Lipinski definition) is 1. The minimum absolute atomic E-state index is 0.113. The van der Waals surface area contributed by atoms with Crippen LogP contribution in [0.2, 0.25) is 5.02 Å². The molecule has 0 unspecified atom stereocenters. The number of carboxylic acid groups (broad SMARTS) is 1. The lowest BCUT2D eigenvalue weighted by Crippen LogP contribution is -1.97. The predicted molar refractivity (Wildman–Crippen MR) is 59.5 cm³/mol. The van der Waals surface area contributed by atoms with Crippen molar-refractivity contribution < 1.29 is 9.90 Å². The van der Waals surface area contributed by atoms with Gasteiger partial charge in [-0.2, -0.15) is 0 Å². The van der Waals surface area contributed by atoms with Crippen LogP contribution in [0.4, 0.5) is 0 Å². The van der Waals surface area contributed by atoms with Crippen molar-refractivity contribution in [3.8, 4) is 10.4 Å². The zero-order valence-electron chi connectivity index (χ0n) is 7.48. The molecule has 2 rings (SSSR count). The Labute approximate surface area is 95.0 Å². The van der Waals surface area contributed by atoms with Crippen LogP contribution in [0.5, 0.6) is 0 Å². The first-order chi connectivity index (χ1) is 7.18. The topological polar surface area (TPSA) is 50.2 Å². The molecule has 0 atom stereocenters. The van der Waals surface area contributed by atoms with Gasteiger partial charge in [-0.1, -0.05) is 17.7 Å². The third-order valence-corrected chi connectivity index (χ3v) is 3.07. The van der Waals surface area contributed by atoms with Gasteiger partial charge in [-0.25, -0.2) is 4.79 Å². The molecule has 76 valence electrons. The molecule has 0 radical (unpaired) electrons. The highest BCUT2D eigenvalue weighted by molar-refractivity contribution is 7.13. The summed E-state index contributed by atoms with van der Waals surface area (Å²) in [7, 11) is 0. The minimum atomic E-state index is -1.02. The van der Waals surface area contributed by atoms with E-state index in [1.54, 1.807) is 29.9 Å². The molecule has 0 aliphatic carbocycles. The highest BCUT2D eigenvalue weighted by Gasteiger charge is 2.10. The van der Waals surface area contributed by atoms with Gasteiger partial charge in [-0.3, -0.25) is 4.98 Å². The average molecular weight is 240 g/mol. The maximum Gasteiger partial charge on any atom is 0.337 e. The predicted octanol–water partition coefficient (Wildman–Crippen LogP) is 3.16. The molecule has 0 bridgehead atoms. The molecule has 1 aromatic carbocycles. The molecule has 0 aliphatic rings. The minimum Gasteiger partial charge on any atom is -0.478 e. The Balaban J connectivity index is 2.52. The number of aromatic carboxylic acids is 1. The van der Waals surface area contributed by atoms with Gasteiger partial charge < -0.3 is 5.11 Å². The van der Waals surface area contributed by atoms with Crippen LogP contribution in [-0.2, 0) is 0 Å². The molecule has 1 N–H and O–H groups in total. The van der Waals surface area contributed by atoms with E-state index in [4.69, 9.17) is 16.7 Å². The normalized spacial score (nSPS) is 10.2. The van der Waals surface area contributed by atoms with Crippen molar-refractivity contribution in [2.24, 2.45) is 0 Å². The second-order valence-corrected chi connectivity index (χ2v) is 4.16. The Morgan fingerprint density at radius 1 is 1.47 bits per heavy atom. The molecule has 0 amide bonds. The summed E-state index contributed by atoms with van der Waals surface area (Å²) in [6.45, 7) is 0. The van der Waals surface area contributed by atoms with Gasteiger partial charge in [0.2, 0.25) is 0 Å². The van der Waals surface area contributed by atoms with E-state index in [1.807, 2.05) is 0 Å². The van der Waals surface area contributed by atoms with Crippen LogP contribution >= 0.6 is 22.9 Å². The zero-order valence-corrected chi connectivity index (χ0v) is 9.05. The first-order valence-corrected chi connectivity index (χ1v) is 5.36. The Morgan fingerprint density at radius 2 is 2.27 bits per heavy atom. The largest absolute Gasteiger partial charge is 0.478 e. The molecular formula is C10H6ClNO2S. The van der Waals surface area contributed by atoms with E-state index in [9.17, 15) is 4.79 Å². The van der Waals surface area contributed by atoms with Crippen LogP contribution in [0.1, 0.15) is 10.4 Å². The molecule has 0 fully saturated rings. The number of rotatable bonds is 2. The van der Waals surface area contributed by atoms with Gasteiger partial charge in [0.05, 0.1) is 21.0 Å². The van der Waals surface area contributed by atoms with Crippen LogP contribution < -0.4 is 0 Å². The lowest BCUT2D eigenvalue weighted by Gasteiger charge is -2.01. The number of hydrogen-bond acceptors (Lipinski definition) is 3. The number of benzene rings is 1. The van der Waals surface area contributed by atoms with Gasteiger partial charge in [-0.05, 0) is 17.7 Å². The molecule has 2 aromatic rings. The van der Waals surface area contributed by atoms with Crippen molar-refractivity contribution in [2.45, 2.75) is 0 Å². The van der Waals surface area contributed by atoms with Crippen LogP contribution in [-0.4, -0.2) is 16.1 Å². The number of aromatic nitrogens is 1. The summed E-state index contributed by atoms with van der Waals surface area (Å²) in [6.07, 6.45) is 1.69. The van der Waals surface area contributed by atoms with Crippen LogP contribution in [0.25, 0.3) is 10.4 Å². The second-order valence-electron chi connectivity index (χ2n) is 2.87. The Hall–Kier alpha value is -1.39. The smallest absolute Gasteiger partial charge is 0.337 e. The van der Waals surface area contributed by atoms with Crippen molar-refractivity contribution >= 4 is 28.9 Å². The number of nitrogens with zero attached hydrogens (tertiary/aromatic N) is 1. The first kappa shape index (κ1) is 10.1. The second kappa shape index (κ2) is 4.00. The molecule has 1 heterocycles. The molecule has 5 heteroatoms. The fraction of sp³-hybridized carbons (Fsp3) is 0. The maximum absolute atomic E-state index is 10.8. The molecule has 1 aromatic heterocycles. The fourth-order valence-corrected chi connectivity index (χ4v) is 2.02. The lowest BCUT2D eigenvalue weighted by molar-refractivity contribution is 0.0697. The van der Waals surface area contributed by atoms with Crippen molar-refractivity contribution in [2.75, 3.05) is 0 Å². The van der Waals surface area contributed by atoms with Crippen molar-refractivity contribution in [1.29, 1.82) is 0 Å². The van der Waals surface area contributed by atoms with Gasteiger partial charge in [0.1, 0.15) is 0 Å². The van der Waals surface area contributed by atoms with E-state index in [0.717, 1.165) is 10.4 Å². The number of carboxylic acids is 1. The third kappa shape index (κ3) is 2.00. The summed E-state index contributed by atoms with van der Waals surface area (Å²) in [6, 6.07) is 4.92. The van der Waals surface area contributed by atoms with Crippen LogP contribution in [0.15, 0.2) is 29.9 Å². The molecule has 15 heavy (non-hydrogen) atoms. The number of halogens is 1. The summed E-state index contributed by atoms with van der Waals surface area (Å²) in [5.74, 6) is -1.02. The van der Waals surface area contributed by atoms with E-state index in [1.165, 1.54) is 11.3 Å². The maximum atomic E-state index is 10.8. The van der Waals surface area contributed by atoms with E-state index >= 15 is 0 Å². The third-order valence-electron chi connectivity index (χ3n) is 1.91. The van der Waals surface area contributed by atoms with Gasteiger partial charge in [0.15, 0.2) is 0 Å². The molecular weight excluding hydrogens is 234 g/mol. The molecule has 0 saturated heterocycles. The van der Waals surface area contributed by atoms with Crippen molar-refractivity contribution in [3.05, 3.63) is 40.5 Å². The summed E-state index contributed by atoms with van der Waals surface area (Å²) < 4.78 is 0. The highest BCUT2D eigenvalue weighted by atomic mass is 35.5. The fourth-order valence-electron chi connectivity index (χ4n) is 1.20. The van der Waals surface area contributed by atoms with Gasteiger partial charge in [0, 0.05) is 6.20 Å².